The Kier molecular flexibility index (Phi) is 12.8. The highest BCUT2D eigenvalue weighted by Gasteiger charge is 2.70. The summed E-state index contributed by atoms with van der Waals surface area (Å²) in [5.41, 5.74) is -2.09. The van der Waals surface area contributed by atoms with Gasteiger partial charge < -0.3 is 70.0 Å². The van der Waals surface area contributed by atoms with Gasteiger partial charge in [-0.25, -0.2) is 4.79 Å². The van der Waals surface area contributed by atoms with Gasteiger partial charge in [0.05, 0.1) is 19.3 Å². The summed E-state index contributed by atoms with van der Waals surface area (Å²) < 4.78 is 22.7. The van der Waals surface area contributed by atoms with E-state index in [4.69, 9.17) is 18.9 Å². The Balaban J connectivity index is 1.29. The summed E-state index contributed by atoms with van der Waals surface area (Å²) in [6.45, 7) is 13.4. The molecule has 3 saturated carbocycles. The zero-order valence-electron chi connectivity index (χ0n) is 34.3. The van der Waals surface area contributed by atoms with Gasteiger partial charge in [-0.15, -0.1) is 0 Å². The van der Waals surface area contributed by atoms with Crippen LogP contribution in [-0.4, -0.2) is 150 Å². The van der Waals surface area contributed by atoms with Crippen LogP contribution in [0, 0.1) is 44.8 Å². The number of carbonyl (C=O) groups excluding carboxylic acids is 1. The van der Waals surface area contributed by atoms with Crippen LogP contribution >= 0.6 is 0 Å². The smallest absolute Gasteiger partial charge is 0.331 e. The van der Waals surface area contributed by atoms with Crippen molar-refractivity contribution < 1.29 is 79.6 Å². The Hall–Kier alpha value is -2.06. The number of aliphatic hydroxyl groups excluding tert-OH is 9. The Morgan fingerprint density at radius 3 is 2.07 bits per heavy atom. The second-order valence-corrected chi connectivity index (χ2v) is 19.6. The van der Waals surface area contributed by atoms with E-state index in [1.54, 1.807) is 0 Å². The number of rotatable bonds is 11. The maximum atomic E-state index is 14.8. The van der Waals surface area contributed by atoms with E-state index in [0.717, 1.165) is 5.57 Å². The van der Waals surface area contributed by atoms with Gasteiger partial charge in [0, 0.05) is 12.2 Å². The van der Waals surface area contributed by atoms with Crippen molar-refractivity contribution in [2.24, 2.45) is 44.8 Å². The first-order chi connectivity index (χ1) is 27.0. The summed E-state index contributed by atoms with van der Waals surface area (Å²) in [4.78, 5) is 27.1. The second-order valence-electron chi connectivity index (χ2n) is 19.6. The Bertz CT molecular complexity index is 1580. The number of allylic oxidation sites excluding steroid dienone is 2. The first kappa shape index (κ1) is 45.5. The zero-order chi connectivity index (χ0) is 42.9. The second kappa shape index (κ2) is 16.3. The van der Waals surface area contributed by atoms with Crippen LogP contribution in [0.5, 0.6) is 0 Å². The fraction of sp³-hybridized carbons (Fsp3) is 0.857. The van der Waals surface area contributed by atoms with E-state index in [2.05, 4.69) is 47.3 Å². The van der Waals surface area contributed by atoms with Crippen LogP contribution in [0.25, 0.3) is 0 Å². The SMILES string of the molecule is C=C(C(=O)O)C1CCC2(C)C(CC=C3C4CC(C)(C)CCC4(C(=O)OC4OC(COC5OC(CO)C(O)C(O)C5O)C(O)C(O)C4O)C(O)CC32C)C1(C)CCCO. The highest BCUT2D eigenvalue weighted by Crippen LogP contribution is 2.74. The average molecular weight is 827 g/mol. The number of hydrogen-bond donors (Lipinski definition) is 10. The summed E-state index contributed by atoms with van der Waals surface area (Å²) in [7, 11) is 0. The van der Waals surface area contributed by atoms with Crippen molar-refractivity contribution in [3.8, 4) is 0 Å². The van der Waals surface area contributed by atoms with Crippen LogP contribution in [-0.2, 0) is 28.5 Å². The van der Waals surface area contributed by atoms with Crippen molar-refractivity contribution in [2.75, 3.05) is 19.8 Å². The number of carbonyl (C=O) groups is 2. The van der Waals surface area contributed by atoms with E-state index in [-0.39, 0.29) is 42.3 Å². The van der Waals surface area contributed by atoms with Gasteiger partial charge in [-0.2, -0.15) is 0 Å². The van der Waals surface area contributed by atoms with Gasteiger partial charge in [-0.3, -0.25) is 4.79 Å². The minimum absolute atomic E-state index is 0.0285. The first-order valence-electron chi connectivity index (χ1n) is 20.8. The average Bonchev–Trinajstić information content (AvgIpc) is 3.16. The predicted octanol–water partition coefficient (Wildman–Crippen LogP) is 0.520. The lowest BCUT2D eigenvalue weighted by molar-refractivity contribution is -0.329. The molecule has 0 bridgehead atoms. The molecule has 0 radical (unpaired) electrons. The molecule has 58 heavy (non-hydrogen) atoms. The molecule has 5 fully saturated rings. The lowest BCUT2D eigenvalue weighted by atomic mass is 9.35. The number of esters is 1. The summed E-state index contributed by atoms with van der Waals surface area (Å²) in [6.07, 6.45) is -11.3. The highest BCUT2D eigenvalue weighted by atomic mass is 16.7. The number of ether oxygens (including phenoxy) is 4. The number of fused-ring (bicyclic) bond motifs is 5. The van der Waals surface area contributed by atoms with Crippen LogP contribution < -0.4 is 0 Å². The van der Waals surface area contributed by atoms with Gasteiger partial charge in [-0.05, 0) is 97.2 Å². The normalized spacial score (nSPS) is 48.8. The maximum Gasteiger partial charge on any atom is 0.331 e. The molecule has 330 valence electrons. The number of hydrogen-bond acceptors (Lipinski definition) is 15. The molecule has 2 heterocycles. The van der Waals surface area contributed by atoms with Crippen LogP contribution in [0.1, 0.15) is 92.4 Å². The van der Waals surface area contributed by atoms with Gasteiger partial charge in [-0.1, -0.05) is 52.8 Å². The molecular weight excluding hydrogens is 760 g/mol. The molecule has 6 rings (SSSR count). The van der Waals surface area contributed by atoms with Gasteiger partial charge in [0.2, 0.25) is 6.29 Å². The number of carboxylic acid groups (broad SMARTS) is 1. The predicted molar refractivity (Wildman–Crippen MR) is 203 cm³/mol. The molecule has 0 aromatic heterocycles. The third kappa shape index (κ3) is 7.20. The van der Waals surface area contributed by atoms with Crippen LogP contribution in [0.3, 0.4) is 0 Å². The highest BCUT2D eigenvalue weighted by molar-refractivity contribution is 5.86. The molecule has 10 N–H and O–H groups in total. The van der Waals surface area contributed by atoms with Crippen molar-refractivity contribution >= 4 is 11.9 Å². The Morgan fingerprint density at radius 2 is 1.45 bits per heavy atom. The number of aliphatic carboxylic acids is 1. The van der Waals surface area contributed by atoms with Crippen LogP contribution in [0.15, 0.2) is 23.8 Å². The van der Waals surface area contributed by atoms with Gasteiger partial charge in [0.25, 0.3) is 0 Å². The molecule has 16 nitrogen and oxygen atoms in total. The number of carboxylic acids is 1. The summed E-state index contributed by atoms with van der Waals surface area (Å²) in [5, 5.41) is 106. The topological polar surface area (TPSA) is 273 Å². The van der Waals surface area contributed by atoms with Crippen LogP contribution in [0.2, 0.25) is 0 Å². The van der Waals surface area contributed by atoms with E-state index < -0.39 is 120 Å². The standard InChI is InChI=1S/C42H66O16/c1-20(34(52)53)21-10-12-40(5)26(39(21,4)11-7-15-43)9-8-22-23-16-38(2,3)13-14-42(23,27(45)17-41(22,40)6)37(54)58-36-33(51)31(49)29(47)25(57-36)19-55-35-32(50)30(48)28(46)24(18-44)56-35/h8,21,23-33,35-36,43-51H,1,7,9-19H2,2-6H3,(H,52,53). The molecule has 2 aliphatic heterocycles. The largest absolute Gasteiger partial charge is 0.478 e. The molecule has 0 aromatic rings. The molecule has 0 amide bonds. The summed E-state index contributed by atoms with van der Waals surface area (Å²) in [5.74, 6) is -2.70. The molecule has 16 heteroatoms. The lowest BCUT2D eigenvalue weighted by Gasteiger charge is -2.69. The lowest BCUT2D eigenvalue weighted by Crippen LogP contribution is -2.67. The fourth-order valence-corrected chi connectivity index (χ4v) is 12.4. The molecule has 2 saturated heterocycles. The van der Waals surface area contributed by atoms with E-state index in [1.165, 1.54) is 0 Å². The quantitative estimate of drug-likeness (QED) is 0.0773. The molecule has 6 aliphatic rings. The molecule has 18 unspecified atom stereocenters. The van der Waals surface area contributed by atoms with Crippen molar-refractivity contribution in [3.63, 3.8) is 0 Å². The molecule has 0 spiro atoms. The van der Waals surface area contributed by atoms with Gasteiger partial charge in [0.15, 0.2) is 6.29 Å². The van der Waals surface area contributed by atoms with Crippen molar-refractivity contribution in [2.45, 2.75) is 160 Å². The number of aliphatic hydroxyl groups is 9. The third-order valence-corrected chi connectivity index (χ3v) is 16.1. The third-order valence-electron chi connectivity index (χ3n) is 16.1. The van der Waals surface area contributed by atoms with Crippen molar-refractivity contribution in [1.82, 2.24) is 0 Å². The molecular formula is C42H66O16. The fourth-order valence-electron chi connectivity index (χ4n) is 12.4. The minimum atomic E-state index is -1.90. The van der Waals surface area contributed by atoms with E-state index in [9.17, 15) is 60.7 Å². The molecule has 18 atom stereocenters. The zero-order valence-corrected chi connectivity index (χ0v) is 34.3. The van der Waals surface area contributed by atoms with Crippen molar-refractivity contribution in [1.29, 1.82) is 0 Å². The van der Waals surface area contributed by atoms with E-state index in [1.807, 2.05) is 0 Å². The minimum Gasteiger partial charge on any atom is -0.478 e. The molecule has 0 aromatic carbocycles. The maximum absolute atomic E-state index is 14.8. The van der Waals surface area contributed by atoms with Crippen molar-refractivity contribution in [3.05, 3.63) is 23.8 Å². The summed E-state index contributed by atoms with van der Waals surface area (Å²) >= 11 is 0. The molecule has 4 aliphatic carbocycles. The van der Waals surface area contributed by atoms with Gasteiger partial charge in [0.1, 0.15) is 54.2 Å². The van der Waals surface area contributed by atoms with Gasteiger partial charge >= 0.3 is 11.9 Å². The monoisotopic (exact) mass is 826 g/mol. The van der Waals surface area contributed by atoms with E-state index in [0.29, 0.717) is 44.9 Å². The van der Waals surface area contributed by atoms with E-state index >= 15 is 0 Å². The first-order valence-corrected chi connectivity index (χ1v) is 20.8. The Labute approximate surface area is 339 Å². The summed E-state index contributed by atoms with van der Waals surface area (Å²) in [6, 6.07) is 0. The van der Waals surface area contributed by atoms with Crippen LogP contribution in [0.4, 0.5) is 0 Å². The Morgan fingerprint density at radius 1 is 0.828 bits per heavy atom.